The molecule has 1 aliphatic carbocycles. The Morgan fingerprint density at radius 2 is 1.79 bits per heavy atom. The molecule has 7 heteroatoms. The molecule has 0 aliphatic heterocycles. The lowest BCUT2D eigenvalue weighted by Gasteiger charge is -2.13. The van der Waals surface area contributed by atoms with Crippen LogP contribution in [0.5, 0.6) is 5.75 Å². The first-order valence-electron chi connectivity index (χ1n) is 11.8. The molecule has 0 radical (unpaired) electrons. The Balaban J connectivity index is 1.24. The molecule has 6 nitrogen and oxygen atoms in total. The van der Waals surface area contributed by atoms with Gasteiger partial charge in [-0.25, -0.2) is 0 Å². The van der Waals surface area contributed by atoms with Crippen LogP contribution in [0, 0.1) is 0 Å². The van der Waals surface area contributed by atoms with Crippen LogP contribution < -0.4 is 10.1 Å². The predicted molar refractivity (Wildman–Crippen MR) is 137 cm³/mol. The van der Waals surface area contributed by atoms with Crippen molar-refractivity contribution in [3.05, 3.63) is 66.7 Å². The van der Waals surface area contributed by atoms with Crippen molar-refractivity contribution in [2.24, 2.45) is 0 Å². The van der Waals surface area contributed by atoms with Crippen LogP contribution in [0.2, 0.25) is 0 Å². The van der Waals surface area contributed by atoms with E-state index in [1.54, 1.807) is 0 Å². The molecular weight excluding hydrogens is 444 g/mol. The number of amides is 1. The second-order valence-corrected chi connectivity index (χ2v) is 9.41. The summed E-state index contributed by atoms with van der Waals surface area (Å²) in [6, 6.07) is 22.0. The Labute approximate surface area is 203 Å². The van der Waals surface area contributed by atoms with Crippen LogP contribution in [0.15, 0.2) is 71.9 Å². The number of rotatable bonds is 8. The lowest BCUT2D eigenvalue weighted by atomic mass is 10.1. The van der Waals surface area contributed by atoms with Gasteiger partial charge in [0.2, 0.25) is 5.91 Å². The molecule has 0 bridgehead atoms. The molecule has 174 valence electrons. The Morgan fingerprint density at radius 3 is 2.59 bits per heavy atom. The van der Waals surface area contributed by atoms with E-state index in [9.17, 15) is 4.79 Å². The maximum atomic E-state index is 12.7. The van der Waals surface area contributed by atoms with E-state index in [1.165, 1.54) is 24.6 Å². The van der Waals surface area contributed by atoms with Crippen LogP contribution in [0.25, 0.3) is 22.2 Å². The average molecular weight is 473 g/mol. The summed E-state index contributed by atoms with van der Waals surface area (Å²) < 4.78 is 8.12. The second-order valence-electron chi connectivity index (χ2n) is 8.46. The average Bonchev–Trinajstić information content (AvgIpc) is 3.53. The van der Waals surface area contributed by atoms with Crippen molar-refractivity contribution in [1.82, 2.24) is 14.8 Å². The zero-order valence-corrected chi connectivity index (χ0v) is 20.1. The van der Waals surface area contributed by atoms with Crippen molar-refractivity contribution in [2.75, 3.05) is 11.1 Å². The predicted octanol–water partition coefficient (Wildman–Crippen LogP) is 6.17. The molecule has 0 unspecified atom stereocenters. The molecule has 4 aromatic rings. The summed E-state index contributed by atoms with van der Waals surface area (Å²) in [6.45, 7) is 2.78. The number of nitrogens with zero attached hydrogens (tertiary/aromatic N) is 3. The molecule has 5 rings (SSSR count). The van der Waals surface area contributed by atoms with Gasteiger partial charge in [-0.3, -0.25) is 4.79 Å². The fourth-order valence-electron chi connectivity index (χ4n) is 4.43. The number of benzene rings is 3. The molecule has 1 fully saturated rings. The molecule has 1 aliphatic rings. The maximum Gasteiger partial charge on any atom is 0.234 e. The van der Waals surface area contributed by atoms with Gasteiger partial charge in [-0.05, 0) is 68.3 Å². The van der Waals surface area contributed by atoms with E-state index in [-0.39, 0.29) is 11.7 Å². The third-order valence-electron chi connectivity index (χ3n) is 6.15. The van der Waals surface area contributed by atoms with Gasteiger partial charge < -0.3 is 14.6 Å². The highest BCUT2D eigenvalue weighted by Gasteiger charge is 2.18. The van der Waals surface area contributed by atoms with Gasteiger partial charge >= 0.3 is 0 Å². The van der Waals surface area contributed by atoms with Crippen molar-refractivity contribution in [3.8, 4) is 17.1 Å². The first kappa shape index (κ1) is 22.5. The Bertz CT molecular complexity index is 1270. The number of anilines is 1. The monoisotopic (exact) mass is 472 g/mol. The van der Waals surface area contributed by atoms with E-state index in [2.05, 4.69) is 22.4 Å². The third-order valence-corrected chi connectivity index (χ3v) is 7.11. The number of nitrogens with one attached hydrogen (secondary N) is 1. The van der Waals surface area contributed by atoms with E-state index in [1.807, 2.05) is 71.3 Å². The van der Waals surface area contributed by atoms with E-state index < -0.39 is 0 Å². The first-order chi connectivity index (χ1) is 16.7. The van der Waals surface area contributed by atoms with Gasteiger partial charge in [0.25, 0.3) is 0 Å². The number of carbonyl (C=O) groups is 1. The fraction of sp³-hybridized carbons (Fsp3) is 0.296. The zero-order valence-electron chi connectivity index (χ0n) is 19.2. The summed E-state index contributed by atoms with van der Waals surface area (Å²) in [6.07, 6.45) is 5.13. The molecule has 0 saturated heterocycles. The van der Waals surface area contributed by atoms with Crippen molar-refractivity contribution in [1.29, 1.82) is 0 Å². The van der Waals surface area contributed by atoms with Crippen molar-refractivity contribution in [2.45, 2.75) is 50.4 Å². The number of thioether (sulfide) groups is 1. The summed E-state index contributed by atoms with van der Waals surface area (Å²) in [5.74, 6) is 1.89. The number of ether oxygens (including phenoxy) is 1. The highest BCUT2D eigenvalue weighted by atomic mass is 32.2. The molecular formula is C27H28N4O2S. The topological polar surface area (TPSA) is 69.0 Å². The minimum atomic E-state index is -0.0676. The second kappa shape index (κ2) is 10.3. The highest BCUT2D eigenvalue weighted by molar-refractivity contribution is 7.99. The molecule has 3 aromatic carbocycles. The molecule has 1 amide bonds. The largest absolute Gasteiger partial charge is 0.490 e. The lowest BCUT2D eigenvalue weighted by molar-refractivity contribution is -0.113. The molecule has 1 N–H and O–H groups in total. The van der Waals surface area contributed by atoms with Gasteiger partial charge in [-0.15, -0.1) is 10.2 Å². The molecule has 1 aromatic heterocycles. The lowest BCUT2D eigenvalue weighted by Crippen LogP contribution is -2.15. The van der Waals surface area contributed by atoms with Crippen LogP contribution in [0.1, 0.15) is 32.6 Å². The van der Waals surface area contributed by atoms with E-state index in [4.69, 9.17) is 4.74 Å². The summed E-state index contributed by atoms with van der Waals surface area (Å²) in [7, 11) is 0. The Hall–Kier alpha value is -3.32. The number of hydrogen-bond acceptors (Lipinski definition) is 5. The van der Waals surface area contributed by atoms with Crippen LogP contribution in [0.4, 0.5) is 5.69 Å². The Kier molecular flexibility index (Phi) is 6.81. The quantitative estimate of drug-likeness (QED) is 0.311. The number of carbonyl (C=O) groups excluding carboxylic acids is 1. The first-order valence-corrected chi connectivity index (χ1v) is 12.8. The van der Waals surface area contributed by atoms with Crippen LogP contribution in [-0.4, -0.2) is 32.5 Å². The molecule has 0 atom stereocenters. The van der Waals surface area contributed by atoms with Gasteiger partial charge in [0.1, 0.15) is 5.75 Å². The number of fused-ring (bicyclic) bond motifs is 1. The summed E-state index contributed by atoms with van der Waals surface area (Å²) >= 11 is 1.40. The number of hydrogen-bond donors (Lipinski definition) is 1. The van der Waals surface area contributed by atoms with Crippen LogP contribution >= 0.6 is 11.8 Å². The summed E-state index contributed by atoms with van der Waals surface area (Å²) in [4.78, 5) is 12.7. The zero-order chi connectivity index (χ0) is 23.3. The summed E-state index contributed by atoms with van der Waals surface area (Å²) in [5.41, 5.74) is 1.81. The van der Waals surface area contributed by atoms with Gasteiger partial charge in [-0.1, -0.05) is 48.2 Å². The molecule has 1 heterocycles. The SMILES string of the molecule is CCn1c(SCC(=O)Nc2cccc3ccccc23)nnc1-c1ccc(OC2CCCC2)cc1. The van der Waals surface area contributed by atoms with Crippen LogP contribution in [-0.2, 0) is 11.3 Å². The van der Waals surface area contributed by atoms with Gasteiger partial charge in [0.15, 0.2) is 11.0 Å². The van der Waals surface area contributed by atoms with Crippen LogP contribution in [0.3, 0.4) is 0 Å². The van der Waals surface area contributed by atoms with E-state index in [0.717, 1.165) is 58.1 Å². The third kappa shape index (κ3) is 4.94. The van der Waals surface area contributed by atoms with Gasteiger partial charge in [0, 0.05) is 23.2 Å². The number of aromatic nitrogens is 3. The smallest absolute Gasteiger partial charge is 0.234 e. The normalized spacial score (nSPS) is 13.9. The van der Waals surface area contributed by atoms with E-state index in [0.29, 0.717) is 6.10 Å². The van der Waals surface area contributed by atoms with E-state index >= 15 is 0 Å². The highest BCUT2D eigenvalue weighted by Crippen LogP contribution is 2.29. The summed E-state index contributed by atoms with van der Waals surface area (Å²) in [5, 5.41) is 14.7. The van der Waals surface area contributed by atoms with Gasteiger partial charge in [0.05, 0.1) is 11.9 Å². The standard InChI is InChI=1S/C27H28N4O2S/c1-2-31-26(20-14-16-22(17-15-20)33-21-10-4-5-11-21)29-30-27(31)34-18-25(32)28-24-13-7-9-19-8-3-6-12-23(19)24/h3,6-9,12-17,21H,2,4-5,10-11,18H2,1H3,(H,28,32). The van der Waals surface area contributed by atoms with Gasteiger partial charge in [-0.2, -0.15) is 0 Å². The molecule has 0 spiro atoms. The molecule has 34 heavy (non-hydrogen) atoms. The maximum absolute atomic E-state index is 12.7. The van der Waals surface area contributed by atoms with Crippen molar-refractivity contribution >= 4 is 34.1 Å². The minimum Gasteiger partial charge on any atom is -0.490 e. The van der Waals surface area contributed by atoms with Crippen molar-refractivity contribution < 1.29 is 9.53 Å². The minimum absolute atomic E-state index is 0.0676. The van der Waals surface area contributed by atoms with Crippen molar-refractivity contribution in [3.63, 3.8) is 0 Å². The molecule has 1 saturated carbocycles. The fourth-order valence-corrected chi connectivity index (χ4v) is 5.23. The Morgan fingerprint density at radius 1 is 1.03 bits per heavy atom.